The molecule has 0 spiro atoms. The van der Waals surface area contributed by atoms with Gasteiger partial charge in [-0.25, -0.2) is 0 Å². The first-order chi connectivity index (χ1) is 8.38. The van der Waals surface area contributed by atoms with Gasteiger partial charge in [0.1, 0.15) is 0 Å². The van der Waals surface area contributed by atoms with Crippen molar-refractivity contribution in [1.82, 2.24) is 4.90 Å². The van der Waals surface area contributed by atoms with E-state index in [9.17, 15) is 4.79 Å². The highest BCUT2D eigenvalue weighted by molar-refractivity contribution is 5.96. The van der Waals surface area contributed by atoms with Crippen LogP contribution in [0.25, 0.3) is 0 Å². The minimum Gasteiger partial charge on any atom is -0.329 e. The summed E-state index contributed by atoms with van der Waals surface area (Å²) in [5.74, 6) is 0.238. The maximum atomic E-state index is 12.3. The summed E-state index contributed by atoms with van der Waals surface area (Å²) in [5.41, 5.74) is 0.847. The molecular weight excluding hydrogens is 210 g/mol. The molecule has 0 unspecified atom stereocenters. The lowest BCUT2D eigenvalue weighted by Crippen LogP contribution is -2.14. The Morgan fingerprint density at radius 2 is 1.53 bits per heavy atom. The van der Waals surface area contributed by atoms with Crippen LogP contribution in [0.4, 0.5) is 0 Å². The topological polar surface area (TPSA) is 20.1 Å². The van der Waals surface area contributed by atoms with Crippen molar-refractivity contribution in [1.29, 1.82) is 0 Å². The van der Waals surface area contributed by atoms with E-state index < -0.39 is 0 Å². The van der Waals surface area contributed by atoms with E-state index in [1.165, 1.54) is 38.5 Å². The van der Waals surface area contributed by atoms with Crippen LogP contribution < -0.4 is 0 Å². The van der Waals surface area contributed by atoms with Crippen molar-refractivity contribution in [2.45, 2.75) is 50.6 Å². The summed E-state index contributed by atoms with van der Waals surface area (Å²) in [6, 6.07) is 10.8. The molecule has 2 nitrogen and oxygen atoms in total. The Balaban J connectivity index is 1.72. The first-order valence-electron chi connectivity index (χ1n) is 6.75. The van der Waals surface area contributed by atoms with Crippen molar-refractivity contribution in [3.05, 3.63) is 35.9 Å². The lowest BCUT2D eigenvalue weighted by molar-refractivity contribution is 0.0862. The smallest absolute Gasteiger partial charge is 0.254 e. The number of rotatable bonds is 1. The molecule has 3 rings (SSSR count). The Kier molecular flexibility index (Phi) is 2.87. The molecule has 1 amide bonds. The summed E-state index contributed by atoms with van der Waals surface area (Å²) >= 11 is 0. The Bertz CT molecular complexity index is 387. The highest BCUT2D eigenvalue weighted by Crippen LogP contribution is 2.39. The maximum absolute atomic E-state index is 12.3. The van der Waals surface area contributed by atoms with Gasteiger partial charge in [-0.15, -0.1) is 0 Å². The number of nitrogens with zero attached hydrogens (tertiary/aromatic N) is 1. The second kappa shape index (κ2) is 4.52. The Morgan fingerprint density at radius 1 is 0.941 bits per heavy atom. The molecule has 2 heteroatoms. The molecule has 17 heavy (non-hydrogen) atoms. The molecule has 0 bridgehead atoms. The van der Waals surface area contributed by atoms with Gasteiger partial charge in [-0.05, 0) is 25.0 Å². The molecule has 1 aliphatic carbocycles. The van der Waals surface area contributed by atoms with Gasteiger partial charge < -0.3 is 4.90 Å². The standard InChI is InChI=1S/C15H19NO/c17-15(12-8-4-3-5-9-12)16-13-10-6-1-2-7-11-14(13)16/h3-5,8-9,13-14H,1-2,6-7,10-11H2/t13-,14-/m0/s1. The molecule has 90 valence electrons. The molecule has 1 saturated carbocycles. The number of amides is 1. The van der Waals surface area contributed by atoms with Gasteiger partial charge in [-0.3, -0.25) is 4.79 Å². The zero-order chi connectivity index (χ0) is 11.7. The number of carbonyl (C=O) groups is 1. The zero-order valence-corrected chi connectivity index (χ0v) is 10.1. The fourth-order valence-corrected chi connectivity index (χ4v) is 3.09. The molecule has 0 aromatic heterocycles. The first-order valence-corrected chi connectivity index (χ1v) is 6.75. The van der Waals surface area contributed by atoms with Gasteiger partial charge in [0.05, 0.1) is 12.1 Å². The highest BCUT2D eigenvalue weighted by atomic mass is 16.2. The van der Waals surface area contributed by atoms with Crippen molar-refractivity contribution < 1.29 is 4.79 Å². The van der Waals surface area contributed by atoms with Crippen LogP contribution in [0.15, 0.2) is 30.3 Å². The van der Waals surface area contributed by atoms with Crippen LogP contribution in [0.2, 0.25) is 0 Å². The third kappa shape index (κ3) is 2.08. The first kappa shape index (κ1) is 10.8. The van der Waals surface area contributed by atoms with Crippen LogP contribution in [-0.4, -0.2) is 22.9 Å². The molecular formula is C15H19NO. The molecule has 2 atom stereocenters. The summed E-state index contributed by atoms with van der Waals surface area (Å²) in [6.45, 7) is 0. The van der Waals surface area contributed by atoms with Crippen molar-refractivity contribution in [2.24, 2.45) is 0 Å². The van der Waals surface area contributed by atoms with Gasteiger partial charge in [-0.2, -0.15) is 0 Å². The lowest BCUT2D eigenvalue weighted by Gasteiger charge is -2.04. The van der Waals surface area contributed by atoms with E-state index in [0.29, 0.717) is 12.1 Å². The van der Waals surface area contributed by atoms with E-state index >= 15 is 0 Å². The van der Waals surface area contributed by atoms with E-state index in [-0.39, 0.29) is 5.91 Å². The van der Waals surface area contributed by atoms with Crippen molar-refractivity contribution >= 4 is 5.91 Å². The third-order valence-corrected chi connectivity index (χ3v) is 4.07. The van der Waals surface area contributed by atoms with E-state index in [1.807, 2.05) is 30.3 Å². The van der Waals surface area contributed by atoms with Crippen LogP contribution in [0.5, 0.6) is 0 Å². The second-order valence-corrected chi connectivity index (χ2v) is 5.20. The molecule has 2 fully saturated rings. The molecule has 1 aromatic rings. The summed E-state index contributed by atoms with van der Waals surface area (Å²) in [5, 5.41) is 0. The van der Waals surface area contributed by atoms with Gasteiger partial charge in [0.25, 0.3) is 5.91 Å². The summed E-state index contributed by atoms with van der Waals surface area (Å²) in [4.78, 5) is 14.4. The molecule has 1 aliphatic heterocycles. The summed E-state index contributed by atoms with van der Waals surface area (Å²) < 4.78 is 0. The van der Waals surface area contributed by atoms with Crippen molar-refractivity contribution in [2.75, 3.05) is 0 Å². The van der Waals surface area contributed by atoms with E-state index in [1.54, 1.807) is 0 Å². The third-order valence-electron chi connectivity index (χ3n) is 4.07. The Labute approximate surface area is 103 Å². The van der Waals surface area contributed by atoms with Crippen LogP contribution in [0.3, 0.4) is 0 Å². The quantitative estimate of drug-likeness (QED) is 0.677. The molecule has 2 aliphatic rings. The van der Waals surface area contributed by atoms with Gasteiger partial charge >= 0.3 is 0 Å². The van der Waals surface area contributed by atoms with Crippen LogP contribution in [0.1, 0.15) is 48.9 Å². The molecule has 1 heterocycles. The van der Waals surface area contributed by atoms with Crippen molar-refractivity contribution in [3.63, 3.8) is 0 Å². The predicted octanol–water partition coefficient (Wildman–Crippen LogP) is 3.23. The van der Waals surface area contributed by atoms with E-state index in [0.717, 1.165) is 5.56 Å². The lowest BCUT2D eigenvalue weighted by atomic mass is 10.0. The van der Waals surface area contributed by atoms with Gasteiger partial charge in [-0.1, -0.05) is 43.9 Å². The molecule has 0 N–H and O–H groups in total. The predicted molar refractivity (Wildman–Crippen MR) is 67.9 cm³/mol. The monoisotopic (exact) mass is 229 g/mol. The minimum atomic E-state index is 0.238. The number of benzene rings is 1. The molecule has 1 aromatic carbocycles. The Morgan fingerprint density at radius 3 is 2.12 bits per heavy atom. The molecule has 1 saturated heterocycles. The minimum absolute atomic E-state index is 0.238. The molecule has 0 radical (unpaired) electrons. The maximum Gasteiger partial charge on any atom is 0.254 e. The van der Waals surface area contributed by atoms with Crippen LogP contribution in [0, 0.1) is 0 Å². The Hall–Kier alpha value is -1.31. The average Bonchev–Trinajstić information content (AvgIpc) is 3.01. The normalized spacial score (nSPS) is 27.9. The van der Waals surface area contributed by atoms with E-state index in [4.69, 9.17) is 0 Å². The van der Waals surface area contributed by atoms with Crippen LogP contribution >= 0.6 is 0 Å². The number of hydrogen-bond donors (Lipinski definition) is 0. The SMILES string of the molecule is O=C(c1ccccc1)N1[C@H]2CCCCCC[C@@H]21. The number of fused-ring (bicyclic) bond motifs is 1. The summed E-state index contributed by atoms with van der Waals surface area (Å²) in [6.07, 6.45) is 7.69. The highest BCUT2D eigenvalue weighted by Gasteiger charge is 2.49. The van der Waals surface area contributed by atoms with Gasteiger partial charge in [0.2, 0.25) is 0 Å². The summed E-state index contributed by atoms with van der Waals surface area (Å²) in [7, 11) is 0. The van der Waals surface area contributed by atoms with Crippen molar-refractivity contribution in [3.8, 4) is 0 Å². The fourth-order valence-electron chi connectivity index (χ4n) is 3.09. The largest absolute Gasteiger partial charge is 0.329 e. The number of hydrogen-bond acceptors (Lipinski definition) is 1. The average molecular weight is 229 g/mol. The number of carbonyl (C=O) groups excluding carboxylic acids is 1. The second-order valence-electron chi connectivity index (χ2n) is 5.20. The van der Waals surface area contributed by atoms with Crippen LogP contribution in [-0.2, 0) is 0 Å². The van der Waals surface area contributed by atoms with Gasteiger partial charge in [0, 0.05) is 5.56 Å². The van der Waals surface area contributed by atoms with E-state index in [2.05, 4.69) is 4.90 Å². The fraction of sp³-hybridized carbons (Fsp3) is 0.533. The zero-order valence-electron chi connectivity index (χ0n) is 10.1. The van der Waals surface area contributed by atoms with Gasteiger partial charge in [0.15, 0.2) is 0 Å².